The molecule has 2 heterocycles. The normalized spacial score (nSPS) is 14.7. The van der Waals surface area contributed by atoms with Gasteiger partial charge in [0.2, 0.25) is 5.91 Å². The number of amides is 1. The summed E-state index contributed by atoms with van der Waals surface area (Å²) in [6.07, 6.45) is 5.12. The van der Waals surface area contributed by atoms with Crippen molar-refractivity contribution in [3.63, 3.8) is 0 Å². The molecule has 190 valence electrons. The van der Waals surface area contributed by atoms with Crippen LogP contribution in [0.2, 0.25) is 10.0 Å². The van der Waals surface area contributed by atoms with Crippen molar-refractivity contribution < 1.29 is 13.9 Å². The number of nitrogens with two attached hydrogens (primary N) is 2. The molecule has 1 amide bonds. The molecule has 1 aromatic heterocycles. The van der Waals surface area contributed by atoms with Crippen molar-refractivity contribution in [3.8, 4) is 16.9 Å². The third-order valence-electron chi connectivity index (χ3n) is 6.49. The summed E-state index contributed by atoms with van der Waals surface area (Å²) in [5, 5.41) is 0.190. The first kappa shape index (κ1) is 26.2. The van der Waals surface area contributed by atoms with Crippen molar-refractivity contribution in [2.75, 3.05) is 25.4 Å². The molecule has 4 rings (SSSR count). The number of rotatable bonds is 9. The highest BCUT2D eigenvalue weighted by Crippen LogP contribution is 2.37. The Morgan fingerprint density at radius 3 is 2.64 bits per heavy atom. The standard InChI is InChI=1S/C27H29Cl2FN4O2/c1-16(24-21(28)8-9-22(30)25(24)29)36-23-14-19(15-33-26(23)31)17-6-7-20(27(32)35)18(13-17)5-4-12-34-10-2-3-11-34/h6-9,13-16H,2-5,10-12H2,1H3,(H2,31,33)(H2,32,35). The Balaban J connectivity index is 1.58. The Labute approximate surface area is 220 Å². The molecule has 1 atom stereocenters. The van der Waals surface area contributed by atoms with Gasteiger partial charge in [-0.2, -0.15) is 0 Å². The summed E-state index contributed by atoms with van der Waals surface area (Å²) in [6.45, 7) is 4.96. The molecule has 9 heteroatoms. The first-order chi connectivity index (χ1) is 17.2. The van der Waals surface area contributed by atoms with E-state index in [0.29, 0.717) is 16.9 Å². The fourth-order valence-corrected chi connectivity index (χ4v) is 5.27. The molecule has 1 aliphatic heterocycles. The molecule has 4 N–H and O–H groups in total. The van der Waals surface area contributed by atoms with E-state index >= 15 is 0 Å². The van der Waals surface area contributed by atoms with Gasteiger partial charge in [0.25, 0.3) is 0 Å². The minimum Gasteiger partial charge on any atom is -0.482 e. The van der Waals surface area contributed by atoms with Crippen molar-refractivity contribution in [2.24, 2.45) is 5.73 Å². The van der Waals surface area contributed by atoms with E-state index in [4.69, 9.17) is 39.4 Å². The van der Waals surface area contributed by atoms with Gasteiger partial charge in [-0.25, -0.2) is 9.37 Å². The van der Waals surface area contributed by atoms with Crippen LogP contribution in [0, 0.1) is 5.82 Å². The van der Waals surface area contributed by atoms with E-state index in [9.17, 15) is 9.18 Å². The van der Waals surface area contributed by atoms with Gasteiger partial charge >= 0.3 is 0 Å². The lowest BCUT2D eigenvalue weighted by Gasteiger charge is -2.19. The second kappa shape index (κ2) is 11.5. The van der Waals surface area contributed by atoms with Crippen molar-refractivity contribution >= 4 is 34.9 Å². The van der Waals surface area contributed by atoms with Gasteiger partial charge in [-0.1, -0.05) is 35.3 Å². The summed E-state index contributed by atoms with van der Waals surface area (Å²) in [4.78, 5) is 18.8. The maximum atomic E-state index is 14.0. The van der Waals surface area contributed by atoms with Crippen molar-refractivity contribution in [2.45, 2.75) is 38.7 Å². The van der Waals surface area contributed by atoms with Crippen LogP contribution in [-0.4, -0.2) is 35.4 Å². The van der Waals surface area contributed by atoms with Crippen LogP contribution in [0.4, 0.5) is 10.2 Å². The van der Waals surface area contributed by atoms with E-state index in [-0.39, 0.29) is 15.9 Å². The molecule has 36 heavy (non-hydrogen) atoms. The summed E-state index contributed by atoms with van der Waals surface area (Å²) in [6, 6.07) is 9.93. The van der Waals surface area contributed by atoms with Gasteiger partial charge in [-0.3, -0.25) is 4.79 Å². The van der Waals surface area contributed by atoms with Gasteiger partial charge in [-0.15, -0.1) is 0 Å². The number of hydrogen-bond donors (Lipinski definition) is 2. The van der Waals surface area contributed by atoms with Gasteiger partial charge in [0, 0.05) is 27.9 Å². The third-order valence-corrected chi connectivity index (χ3v) is 7.21. The molecule has 0 aliphatic carbocycles. The van der Waals surface area contributed by atoms with Gasteiger partial charge in [0.15, 0.2) is 11.6 Å². The van der Waals surface area contributed by atoms with Crippen LogP contribution < -0.4 is 16.2 Å². The van der Waals surface area contributed by atoms with Crippen molar-refractivity contribution in [1.82, 2.24) is 9.88 Å². The molecule has 0 bridgehead atoms. The van der Waals surface area contributed by atoms with Crippen LogP contribution >= 0.6 is 23.2 Å². The molecule has 0 spiro atoms. The predicted octanol–water partition coefficient (Wildman–Crippen LogP) is 6.04. The number of benzene rings is 2. The second-order valence-electron chi connectivity index (χ2n) is 9.01. The molecule has 1 unspecified atom stereocenters. The Kier molecular flexibility index (Phi) is 8.34. The lowest BCUT2D eigenvalue weighted by molar-refractivity contribution is 0.0999. The number of nitrogens with zero attached hydrogens (tertiary/aromatic N) is 2. The molecular formula is C27H29Cl2FN4O2. The zero-order valence-electron chi connectivity index (χ0n) is 20.1. The summed E-state index contributed by atoms with van der Waals surface area (Å²) in [5.41, 5.74) is 15.1. The maximum absolute atomic E-state index is 14.0. The number of halogens is 3. The Morgan fingerprint density at radius 1 is 1.17 bits per heavy atom. The van der Waals surface area contributed by atoms with Gasteiger partial charge < -0.3 is 21.1 Å². The minimum absolute atomic E-state index is 0.0988. The Hall–Kier alpha value is -2.87. The number of hydrogen-bond acceptors (Lipinski definition) is 5. The van der Waals surface area contributed by atoms with Crippen molar-refractivity contribution in [3.05, 3.63) is 75.1 Å². The van der Waals surface area contributed by atoms with Gasteiger partial charge in [0.05, 0.1) is 5.02 Å². The number of carbonyl (C=O) groups excluding carboxylic acids is 1. The van der Waals surface area contributed by atoms with Crippen molar-refractivity contribution in [1.29, 1.82) is 0 Å². The molecule has 0 saturated carbocycles. The largest absolute Gasteiger partial charge is 0.482 e. The lowest BCUT2D eigenvalue weighted by Crippen LogP contribution is -2.21. The Morgan fingerprint density at radius 2 is 1.92 bits per heavy atom. The van der Waals surface area contributed by atoms with Crippen LogP contribution in [0.15, 0.2) is 42.6 Å². The topological polar surface area (TPSA) is 94.5 Å². The lowest BCUT2D eigenvalue weighted by atomic mass is 9.96. The average molecular weight is 531 g/mol. The third kappa shape index (κ3) is 5.91. The summed E-state index contributed by atoms with van der Waals surface area (Å²) in [5.74, 6) is -0.548. The van der Waals surface area contributed by atoms with Gasteiger partial charge in [0.1, 0.15) is 11.9 Å². The SMILES string of the molecule is CC(Oc1cc(-c2ccc(C(N)=O)c(CCCN3CCCC3)c2)cnc1N)c1c(Cl)ccc(F)c1Cl. The number of primary amides is 1. The van der Waals surface area contributed by atoms with E-state index in [1.54, 1.807) is 25.3 Å². The fraction of sp³-hybridized carbons (Fsp3) is 0.333. The highest BCUT2D eigenvalue weighted by atomic mass is 35.5. The van der Waals surface area contributed by atoms with Crippen LogP contribution in [0.25, 0.3) is 11.1 Å². The maximum Gasteiger partial charge on any atom is 0.248 e. The monoisotopic (exact) mass is 530 g/mol. The van der Waals surface area contributed by atoms with Crippen LogP contribution in [0.5, 0.6) is 5.75 Å². The number of aromatic nitrogens is 1. The number of carbonyl (C=O) groups is 1. The number of anilines is 1. The van der Waals surface area contributed by atoms with E-state index in [2.05, 4.69) is 9.88 Å². The molecule has 1 fully saturated rings. The molecule has 3 aromatic rings. The first-order valence-corrected chi connectivity index (χ1v) is 12.7. The minimum atomic E-state index is -0.682. The number of pyridine rings is 1. The van der Waals surface area contributed by atoms with E-state index in [1.165, 1.54) is 25.0 Å². The smallest absolute Gasteiger partial charge is 0.248 e. The number of ether oxygens (including phenoxy) is 1. The fourth-order valence-electron chi connectivity index (χ4n) is 4.59. The highest BCUT2D eigenvalue weighted by Gasteiger charge is 2.20. The number of likely N-dealkylation sites (tertiary alicyclic amines) is 1. The summed E-state index contributed by atoms with van der Waals surface area (Å²) in [7, 11) is 0. The van der Waals surface area contributed by atoms with E-state index in [1.807, 2.05) is 12.1 Å². The molecule has 6 nitrogen and oxygen atoms in total. The molecular weight excluding hydrogens is 502 g/mol. The number of aryl methyl sites for hydroxylation is 1. The molecule has 2 aromatic carbocycles. The summed E-state index contributed by atoms with van der Waals surface area (Å²) >= 11 is 12.4. The zero-order valence-corrected chi connectivity index (χ0v) is 21.6. The second-order valence-corrected chi connectivity index (χ2v) is 9.80. The molecule has 0 radical (unpaired) electrons. The molecule has 1 saturated heterocycles. The Bertz CT molecular complexity index is 1260. The molecule has 1 aliphatic rings. The predicted molar refractivity (Wildman–Crippen MR) is 142 cm³/mol. The van der Waals surface area contributed by atoms with Gasteiger partial charge in [-0.05, 0) is 87.6 Å². The van der Waals surface area contributed by atoms with E-state index < -0.39 is 17.8 Å². The van der Waals surface area contributed by atoms with Crippen LogP contribution in [-0.2, 0) is 6.42 Å². The number of nitrogen functional groups attached to an aromatic ring is 1. The summed E-state index contributed by atoms with van der Waals surface area (Å²) < 4.78 is 20.0. The van der Waals surface area contributed by atoms with Crippen LogP contribution in [0.3, 0.4) is 0 Å². The van der Waals surface area contributed by atoms with E-state index in [0.717, 1.165) is 49.2 Å². The zero-order chi connectivity index (χ0) is 25.8. The quantitative estimate of drug-likeness (QED) is 0.328. The highest BCUT2D eigenvalue weighted by molar-refractivity contribution is 6.36. The van der Waals surface area contributed by atoms with Crippen LogP contribution in [0.1, 0.15) is 53.8 Å². The first-order valence-electron chi connectivity index (χ1n) is 12.0. The average Bonchev–Trinajstić information content (AvgIpc) is 3.36.